The maximum atomic E-state index is 3.68. The molecule has 0 saturated carbocycles. The molecule has 1 rings (SSSR count). The number of alkyl halides is 1. The van der Waals surface area contributed by atoms with E-state index in [1.165, 1.54) is 36.0 Å². The summed E-state index contributed by atoms with van der Waals surface area (Å²) >= 11 is 3.68. The number of aryl methyl sites for hydroxylation is 2. The van der Waals surface area contributed by atoms with Crippen LogP contribution in [0.15, 0.2) is 18.2 Å². The third-order valence-corrected chi connectivity index (χ3v) is 5.12. The molecule has 0 fully saturated rings. The first kappa shape index (κ1) is 13.8. The molecular formula is C15H23Br. The van der Waals surface area contributed by atoms with Gasteiger partial charge in [-0.2, -0.15) is 0 Å². The first-order valence-electron chi connectivity index (χ1n) is 6.19. The van der Waals surface area contributed by atoms with Crippen LogP contribution in [0, 0.1) is 19.3 Å². The highest BCUT2D eigenvalue weighted by Crippen LogP contribution is 2.33. The summed E-state index contributed by atoms with van der Waals surface area (Å²) in [5.41, 5.74) is 4.71. The highest BCUT2D eigenvalue weighted by Gasteiger charge is 2.25. The standard InChI is InChI=1S/C15H23Br/c1-5-15(6-2,11-16)10-14-8-7-12(3)13(4)9-14/h7-9H,5-6,10-11H2,1-4H3. The fraction of sp³-hybridized carbons (Fsp3) is 0.600. The van der Waals surface area contributed by atoms with Crippen molar-refractivity contribution in [2.75, 3.05) is 5.33 Å². The summed E-state index contributed by atoms with van der Waals surface area (Å²) in [5, 5.41) is 1.10. The van der Waals surface area contributed by atoms with Crippen molar-refractivity contribution in [3.63, 3.8) is 0 Å². The van der Waals surface area contributed by atoms with Gasteiger partial charge in [0.1, 0.15) is 0 Å². The lowest BCUT2D eigenvalue weighted by Crippen LogP contribution is -2.23. The van der Waals surface area contributed by atoms with Crippen molar-refractivity contribution in [2.45, 2.75) is 47.0 Å². The molecule has 90 valence electrons. The molecule has 0 saturated heterocycles. The van der Waals surface area contributed by atoms with E-state index in [1.807, 2.05) is 0 Å². The Morgan fingerprint density at radius 3 is 2.12 bits per heavy atom. The molecule has 0 amide bonds. The molecule has 1 aromatic carbocycles. The second-order valence-electron chi connectivity index (χ2n) is 4.94. The first-order chi connectivity index (χ1) is 7.56. The highest BCUT2D eigenvalue weighted by atomic mass is 79.9. The van der Waals surface area contributed by atoms with E-state index in [-0.39, 0.29) is 0 Å². The summed E-state index contributed by atoms with van der Waals surface area (Å²) < 4.78 is 0. The second kappa shape index (κ2) is 5.86. The van der Waals surface area contributed by atoms with E-state index in [4.69, 9.17) is 0 Å². The summed E-state index contributed by atoms with van der Waals surface area (Å²) in [5.74, 6) is 0. The number of halogens is 1. The van der Waals surface area contributed by atoms with Gasteiger partial charge in [0.2, 0.25) is 0 Å². The molecule has 1 aromatic rings. The topological polar surface area (TPSA) is 0 Å². The molecule has 0 bridgehead atoms. The summed E-state index contributed by atoms with van der Waals surface area (Å²) in [7, 11) is 0. The summed E-state index contributed by atoms with van der Waals surface area (Å²) in [6.07, 6.45) is 3.66. The highest BCUT2D eigenvalue weighted by molar-refractivity contribution is 9.09. The van der Waals surface area contributed by atoms with Crippen LogP contribution in [0.25, 0.3) is 0 Å². The molecule has 0 radical (unpaired) electrons. The lowest BCUT2D eigenvalue weighted by Gasteiger charge is -2.29. The molecule has 0 nitrogen and oxygen atoms in total. The molecule has 0 aliphatic carbocycles. The minimum absolute atomic E-state index is 0.432. The van der Waals surface area contributed by atoms with Crippen LogP contribution in [0.5, 0.6) is 0 Å². The predicted octanol–water partition coefficient (Wildman–Crippen LogP) is 5.05. The van der Waals surface area contributed by atoms with Gasteiger partial charge in [-0.05, 0) is 55.2 Å². The van der Waals surface area contributed by atoms with Crippen LogP contribution in [0.3, 0.4) is 0 Å². The Labute approximate surface area is 109 Å². The Kier molecular flexibility index (Phi) is 5.04. The molecule has 0 aromatic heterocycles. The van der Waals surface area contributed by atoms with Crippen molar-refractivity contribution in [3.05, 3.63) is 34.9 Å². The summed E-state index contributed by atoms with van der Waals surface area (Å²) in [6.45, 7) is 8.97. The van der Waals surface area contributed by atoms with Crippen molar-refractivity contribution < 1.29 is 0 Å². The number of hydrogen-bond donors (Lipinski definition) is 0. The van der Waals surface area contributed by atoms with Crippen molar-refractivity contribution in [1.82, 2.24) is 0 Å². The van der Waals surface area contributed by atoms with E-state index in [0.717, 1.165) is 5.33 Å². The van der Waals surface area contributed by atoms with Crippen LogP contribution in [0.2, 0.25) is 0 Å². The average Bonchev–Trinajstić information content (AvgIpc) is 2.31. The molecule has 0 aliphatic heterocycles. The van der Waals surface area contributed by atoms with Crippen LogP contribution >= 0.6 is 15.9 Å². The van der Waals surface area contributed by atoms with Crippen LogP contribution in [0.4, 0.5) is 0 Å². The van der Waals surface area contributed by atoms with E-state index in [2.05, 4.69) is 61.8 Å². The molecule has 1 heteroatoms. The fourth-order valence-corrected chi connectivity index (χ4v) is 3.07. The van der Waals surface area contributed by atoms with E-state index in [1.54, 1.807) is 0 Å². The zero-order valence-corrected chi connectivity index (χ0v) is 12.5. The molecule has 0 spiro atoms. The van der Waals surface area contributed by atoms with E-state index in [9.17, 15) is 0 Å². The van der Waals surface area contributed by atoms with Gasteiger partial charge in [0, 0.05) is 5.33 Å². The number of rotatable bonds is 5. The maximum absolute atomic E-state index is 3.68. The lowest BCUT2D eigenvalue weighted by atomic mass is 9.78. The van der Waals surface area contributed by atoms with Gasteiger partial charge in [0.25, 0.3) is 0 Å². The lowest BCUT2D eigenvalue weighted by molar-refractivity contribution is 0.307. The van der Waals surface area contributed by atoms with Gasteiger partial charge < -0.3 is 0 Å². The van der Waals surface area contributed by atoms with Gasteiger partial charge in [-0.15, -0.1) is 0 Å². The van der Waals surface area contributed by atoms with Crippen LogP contribution < -0.4 is 0 Å². The Balaban J connectivity index is 2.89. The van der Waals surface area contributed by atoms with Crippen molar-refractivity contribution in [1.29, 1.82) is 0 Å². The molecule has 0 atom stereocenters. The van der Waals surface area contributed by atoms with Crippen molar-refractivity contribution >= 4 is 15.9 Å². The average molecular weight is 283 g/mol. The molecule has 16 heavy (non-hydrogen) atoms. The summed E-state index contributed by atoms with van der Waals surface area (Å²) in [6, 6.07) is 6.87. The van der Waals surface area contributed by atoms with Gasteiger partial charge >= 0.3 is 0 Å². The molecule has 0 N–H and O–H groups in total. The Morgan fingerprint density at radius 1 is 1.06 bits per heavy atom. The Hall–Kier alpha value is -0.300. The third-order valence-electron chi connectivity index (χ3n) is 3.93. The molecule has 0 heterocycles. The van der Waals surface area contributed by atoms with Crippen molar-refractivity contribution in [3.8, 4) is 0 Å². The summed E-state index contributed by atoms with van der Waals surface area (Å²) in [4.78, 5) is 0. The van der Waals surface area contributed by atoms with Gasteiger partial charge in [0.15, 0.2) is 0 Å². The minimum Gasteiger partial charge on any atom is -0.0922 e. The van der Waals surface area contributed by atoms with Crippen LogP contribution in [0.1, 0.15) is 43.4 Å². The Bertz CT molecular complexity index is 329. The molecular weight excluding hydrogens is 260 g/mol. The molecule has 0 unspecified atom stereocenters. The van der Waals surface area contributed by atoms with Gasteiger partial charge in [-0.25, -0.2) is 0 Å². The van der Waals surface area contributed by atoms with E-state index < -0.39 is 0 Å². The normalized spacial score (nSPS) is 11.8. The van der Waals surface area contributed by atoms with Gasteiger partial charge in [-0.1, -0.05) is 48.0 Å². The maximum Gasteiger partial charge on any atom is 0.00909 e. The van der Waals surface area contributed by atoms with Gasteiger partial charge in [0.05, 0.1) is 0 Å². The third kappa shape index (κ3) is 3.10. The smallest absolute Gasteiger partial charge is 0.00909 e. The van der Waals surface area contributed by atoms with Crippen LogP contribution in [-0.2, 0) is 6.42 Å². The largest absolute Gasteiger partial charge is 0.0922 e. The van der Waals surface area contributed by atoms with E-state index >= 15 is 0 Å². The number of benzene rings is 1. The van der Waals surface area contributed by atoms with Crippen LogP contribution in [-0.4, -0.2) is 5.33 Å². The van der Waals surface area contributed by atoms with Gasteiger partial charge in [-0.3, -0.25) is 0 Å². The number of hydrogen-bond acceptors (Lipinski definition) is 0. The zero-order valence-electron chi connectivity index (χ0n) is 10.9. The van der Waals surface area contributed by atoms with E-state index in [0.29, 0.717) is 5.41 Å². The zero-order chi connectivity index (χ0) is 12.2. The monoisotopic (exact) mass is 282 g/mol. The Morgan fingerprint density at radius 2 is 1.69 bits per heavy atom. The predicted molar refractivity (Wildman–Crippen MR) is 76.4 cm³/mol. The molecule has 0 aliphatic rings. The fourth-order valence-electron chi connectivity index (χ4n) is 2.08. The SMILES string of the molecule is CCC(CC)(CBr)Cc1ccc(C)c(C)c1. The second-order valence-corrected chi connectivity index (χ2v) is 5.50. The quantitative estimate of drug-likeness (QED) is 0.663. The first-order valence-corrected chi connectivity index (χ1v) is 7.31. The minimum atomic E-state index is 0.432. The van der Waals surface area contributed by atoms with Crippen molar-refractivity contribution in [2.24, 2.45) is 5.41 Å².